The van der Waals surface area contributed by atoms with E-state index < -0.39 is 10.0 Å². The third-order valence-electron chi connectivity index (χ3n) is 2.02. The predicted octanol–water partition coefficient (Wildman–Crippen LogP) is 1.66. The van der Waals surface area contributed by atoms with Crippen molar-refractivity contribution in [2.45, 2.75) is 31.4 Å². The van der Waals surface area contributed by atoms with Gasteiger partial charge in [0, 0.05) is 22.1 Å². The largest absolute Gasteiger partial charge is 0.391 e. The summed E-state index contributed by atoms with van der Waals surface area (Å²) in [5, 5.41) is 10.5. The molecular weight excluding hydrogens is 278 g/mol. The number of rotatable bonds is 7. The van der Waals surface area contributed by atoms with Crippen LogP contribution in [-0.2, 0) is 16.6 Å². The average Bonchev–Trinajstić information content (AvgIpc) is 2.75. The SMILES string of the molecule is CCSCC(C)NS(=O)(=O)c1csc(CO)c1. The molecule has 0 spiro atoms. The number of thiophene rings is 1. The molecule has 0 aliphatic rings. The van der Waals surface area contributed by atoms with Crippen molar-refractivity contribution in [3.8, 4) is 0 Å². The zero-order valence-electron chi connectivity index (χ0n) is 9.84. The lowest BCUT2D eigenvalue weighted by molar-refractivity contribution is 0.285. The first-order valence-corrected chi connectivity index (χ1v) is 8.79. The summed E-state index contributed by atoms with van der Waals surface area (Å²) in [4.78, 5) is 0.890. The minimum absolute atomic E-state index is 0.0950. The quantitative estimate of drug-likeness (QED) is 0.803. The van der Waals surface area contributed by atoms with Gasteiger partial charge in [0.2, 0.25) is 10.0 Å². The predicted molar refractivity (Wildman–Crippen MR) is 73.0 cm³/mol. The maximum Gasteiger partial charge on any atom is 0.241 e. The van der Waals surface area contributed by atoms with Gasteiger partial charge in [0.25, 0.3) is 0 Å². The summed E-state index contributed by atoms with van der Waals surface area (Å²) >= 11 is 2.94. The summed E-state index contributed by atoms with van der Waals surface area (Å²) in [5.41, 5.74) is 0. The second-order valence-electron chi connectivity index (χ2n) is 3.59. The summed E-state index contributed by atoms with van der Waals surface area (Å²) in [6.45, 7) is 3.76. The van der Waals surface area contributed by atoms with Crippen LogP contribution in [0, 0.1) is 0 Å². The van der Waals surface area contributed by atoms with Crippen molar-refractivity contribution in [1.29, 1.82) is 0 Å². The molecule has 2 N–H and O–H groups in total. The van der Waals surface area contributed by atoms with Crippen molar-refractivity contribution < 1.29 is 13.5 Å². The maximum atomic E-state index is 11.9. The normalized spacial score (nSPS) is 13.8. The molecule has 0 aliphatic carbocycles. The van der Waals surface area contributed by atoms with E-state index in [0.29, 0.717) is 4.88 Å². The van der Waals surface area contributed by atoms with Crippen molar-refractivity contribution in [1.82, 2.24) is 4.72 Å². The van der Waals surface area contributed by atoms with Gasteiger partial charge in [-0.15, -0.1) is 11.3 Å². The Morgan fingerprint density at radius 1 is 1.59 bits per heavy atom. The Morgan fingerprint density at radius 2 is 2.29 bits per heavy atom. The number of hydrogen-bond donors (Lipinski definition) is 2. The van der Waals surface area contributed by atoms with Gasteiger partial charge >= 0.3 is 0 Å². The highest BCUT2D eigenvalue weighted by molar-refractivity contribution is 7.99. The van der Waals surface area contributed by atoms with Crippen LogP contribution in [0.5, 0.6) is 0 Å². The first kappa shape index (κ1) is 15.0. The zero-order chi connectivity index (χ0) is 12.9. The van der Waals surface area contributed by atoms with Gasteiger partial charge in [-0.1, -0.05) is 6.92 Å². The fraction of sp³-hybridized carbons (Fsp3) is 0.600. The van der Waals surface area contributed by atoms with Gasteiger partial charge < -0.3 is 5.11 Å². The number of aliphatic hydroxyl groups excluding tert-OH is 1. The highest BCUT2D eigenvalue weighted by Crippen LogP contribution is 2.19. The van der Waals surface area contributed by atoms with E-state index in [2.05, 4.69) is 4.72 Å². The standard InChI is InChI=1S/C10H17NO3S3/c1-3-15-6-8(2)11-17(13,14)10-4-9(5-12)16-7-10/h4,7-8,11-12H,3,5-6H2,1-2H3. The molecule has 0 saturated carbocycles. The minimum Gasteiger partial charge on any atom is -0.391 e. The summed E-state index contributed by atoms with van der Waals surface area (Å²) in [5.74, 6) is 1.73. The molecule has 0 amide bonds. The maximum absolute atomic E-state index is 11.9. The molecule has 17 heavy (non-hydrogen) atoms. The Labute approximate surface area is 110 Å². The van der Waals surface area contributed by atoms with E-state index in [0.717, 1.165) is 11.5 Å². The lowest BCUT2D eigenvalue weighted by Crippen LogP contribution is -2.34. The number of hydrogen-bond acceptors (Lipinski definition) is 5. The Hall–Kier alpha value is -0.0800. The lowest BCUT2D eigenvalue weighted by atomic mass is 10.4. The Bertz CT molecular complexity index is 441. The van der Waals surface area contributed by atoms with Crippen LogP contribution < -0.4 is 4.72 Å². The first-order chi connectivity index (χ1) is 7.99. The molecule has 1 atom stereocenters. The van der Waals surface area contributed by atoms with Gasteiger partial charge in [-0.3, -0.25) is 0 Å². The molecule has 1 aromatic heterocycles. The number of sulfonamides is 1. The van der Waals surface area contributed by atoms with E-state index in [1.165, 1.54) is 17.4 Å². The van der Waals surface area contributed by atoms with E-state index in [1.807, 2.05) is 13.8 Å². The molecule has 1 aromatic rings. The summed E-state index contributed by atoms with van der Waals surface area (Å²) in [6.07, 6.45) is 0. The van der Waals surface area contributed by atoms with E-state index in [1.54, 1.807) is 17.1 Å². The topological polar surface area (TPSA) is 66.4 Å². The van der Waals surface area contributed by atoms with Gasteiger partial charge in [0.1, 0.15) is 0 Å². The highest BCUT2D eigenvalue weighted by atomic mass is 32.2. The van der Waals surface area contributed by atoms with Gasteiger partial charge in [-0.2, -0.15) is 11.8 Å². The van der Waals surface area contributed by atoms with Gasteiger partial charge in [-0.05, 0) is 18.7 Å². The number of nitrogens with one attached hydrogen (secondary N) is 1. The van der Waals surface area contributed by atoms with E-state index in [-0.39, 0.29) is 17.5 Å². The number of thioether (sulfide) groups is 1. The fourth-order valence-corrected chi connectivity index (χ4v) is 4.40. The van der Waals surface area contributed by atoms with Crippen molar-refractivity contribution in [3.05, 3.63) is 16.3 Å². The Morgan fingerprint density at radius 3 is 2.82 bits per heavy atom. The summed E-state index contributed by atoms with van der Waals surface area (Å²) < 4.78 is 26.5. The summed E-state index contributed by atoms with van der Waals surface area (Å²) in [6, 6.07) is 1.41. The molecule has 1 rings (SSSR count). The van der Waals surface area contributed by atoms with Crippen molar-refractivity contribution in [2.24, 2.45) is 0 Å². The van der Waals surface area contributed by atoms with Crippen molar-refractivity contribution in [3.63, 3.8) is 0 Å². The number of aliphatic hydroxyl groups is 1. The third kappa shape index (κ3) is 4.59. The molecule has 1 unspecified atom stereocenters. The first-order valence-electron chi connectivity index (χ1n) is 5.28. The van der Waals surface area contributed by atoms with Crippen LogP contribution in [0.2, 0.25) is 0 Å². The van der Waals surface area contributed by atoms with E-state index in [9.17, 15) is 8.42 Å². The van der Waals surface area contributed by atoms with E-state index >= 15 is 0 Å². The van der Waals surface area contributed by atoms with Crippen LogP contribution in [0.1, 0.15) is 18.7 Å². The molecule has 1 heterocycles. The molecular formula is C10H17NO3S3. The molecule has 0 aromatic carbocycles. The van der Waals surface area contributed by atoms with Crippen molar-refractivity contribution >= 4 is 33.1 Å². The average molecular weight is 295 g/mol. The second kappa shape index (κ2) is 6.75. The van der Waals surface area contributed by atoms with Crippen LogP contribution >= 0.6 is 23.1 Å². The monoisotopic (exact) mass is 295 g/mol. The van der Waals surface area contributed by atoms with Crippen LogP contribution in [0.25, 0.3) is 0 Å². The van der Waals surface area contributed by atoms with Crippen LogP contribution in [-0.4, -0.2) is 31.1 Å². The lowest BCUT2D eigenvalue weighted by Gasteiger charge is -2.12. The smallest absolute Gasteiger partial charge is 0.241 e. The second-order valence-corrected chi connectivity index (χ2v) is 7.62. The van der Waals surface area contributed by atoms with Crippen LogP contribution in [0.4, 0.5) is 0 Å². The van der Waals surface area contributed by atoms with Gasteiger partial charge in [0.15, 0.2) is 0 Å². The minimum atomic E-state index is -3.44. The van der Waals surface area contributed by atoms with Crippen LogP contribution in [0.15, 0.2) is 16.3 Å². The fourth-order valence-electron chi connectivity index (χ4n) is 1.25. The molecule has 0 aliphatic heterocycles. The molecule has 4 nitrogen and oxygen atoms in total. The Balaban J connectivity index is 2.68. The molecule has 98 valence electrons. The summed E-state index contributed by atoms with van der Waals surface area (Å²) in [7, 11) is -3.44. The molecule has 0 saturated heterocycles. The Kier molecular flexibility index (Phi) is 5.94. The zero-order valence-corrected chi connectivity index (χ0v) is 12.3. The molecule has 7 heteroatoms. The third-order valence-corrected chi connectivity index (χ3v) is 5.81. The van der Waals surface area contributed by atoms with Gasteiger partial charge in [-0.25, -0.2) is 13.1 Å². The van der Waals surface area contributed by atoms with Crippen molar-refractivity contribution in [2.75, 3.05) is 11.5 Å². The van der Waals surface area contributed by atoms with E-state index in [4.69, 9.17) is 5.11 Å². The van der Waals surface area contributed by atoms with Crippen LogP contribution in [0.3, 0.4) is 0 Å². The molecule has 0 radical (unpaired) electrons. The molecule has 0 fully saturated rings. The van der Waals surface area contributed by atoms with Gasteiger partial charge in [0.05, 0.1) is 11.5 Å². The molecule has 0 bridgehead atoms. The highest BCUT2D eigenvalue weighted by Gasteiger charge is 2.18.